The van der Waals surface area contributed by atoms with Gasteiger partial charge in [-0.15, -0.1) is 0 Å². The number of nitrogens with two attached hydrogens (primary N) is 1. The molecular formula is C20H21N5O4. The average molecular weight is 395 g/mol. The summed E-state index contributed by atoms with van der Waals surface area (Å²) in [6.45, 7) is 3.51. The van der Waals surface area contributed by atoms with E-state index in [1.807, 2.05) is 23.6 Å². The van der Waals surface area contributed by atoms with Gasteiger partial charge < -0.3 is 25.1 Å². The van der Waals surface area contributed by atoms with Crippen molar-refractivity contribution in [3.63, 3.8) is 0 Å². The fourth-order valence-corrected chi connectivity index (χ4v) is 3.61. The molecule has 0 aliphatic carbocycles. The fraction of sp³-hybridized carbons (Fsp3) is 0.300. The first-order chi connectivity index (χ1) is 14.1. The maximum absolute atomic E-state index is 10.1. The van der Waals surface area contributed by atoms with E-state index in [4.69, 9.17) is 19.9 Å². The number of guanidine groups is 1. The first kappa shape index (κ1) is 17.5. The van der Waals surface area contributed by atoms with Crippen molar-refractivity contribution in [1.82, 2.24) is 9.55 Å². The van der Waals surface area contributed by atoms with Gasteiger partial charge in [-0.25, -0.2) is 9.98 Å². The number of hydrogen-bond donors (Lipinski definition) is 3. The molecule has 2 aromatic carbocycles. The Morgan fingerprint density at radius 2 is 2.03 bits per heavy atom. The van der Waals surface area contributed by atoms with Crippen molar-refractivity contribution in [1.29, 1.82) is 0 Å². The lowest BCUT2D eigenvalue weighted by Gasteiger charge is -2.24. The monoisotopic (exact) mass is 395 g/mol. The smallest absolute Gasteiger partial charge is 0.212 e. The van der Waals surface area contributed by atoms with Gasteiger partial charge in [0.25, 0.3) is 0 Å². The Bertz CT molecular complexity index is 1120. The Balaban J connectivity index is 1.67. The molecule has 2 aliphatic rings. The summed E-state index contributed by atoms with van der Waals surface area (Å²) >= 11 is 0. The Hall–Kier alpha value is -3.62. The molecule has 0 saturated heterocycles. The minimum atomic E-state index is -0.471. The van der Waals surface area contributed by atoms with E-state index in [2.05, 4.69) is 15.3 Å². The molecule has 0 bridgehead atoms. The minimum absolute atomic E-state index is 0.0769. The van der Waals surface area contributed by atoms with Gasteiger partial charge in [-0.2, -0.15) is 0 Å². The highest BCUT2D eigenvalue weighted by molar-refractivity contribution is 5.95. The lowest BCUT2D eigenvalue weighted by atomic mass is 10.1. The number of hydrogen-bond acceptors (Lipinski definition) is 8. The van der Waals surface area contributed by atoms with Crippen molar-refractivity contribution in [2.45, 2.75) is 19.5 Å². The third-order valence-corrected chi connectivity index (χ3v) is 4.89. The van der Waals surface area contributed by atoms with Crippen LogP contribution in [0.2, 0.25) is 0 Å². The van der Waals surface area contributed by atoms with Crippen molar-refractivity contribution >= 4 is 22.9 Å². The zero-order valence-corrected chi connectivity index (χ0v) is 15.9. The lowest BCUT2D eigenvalue weighted by molar-refractivity contribution is 0.297. The standard InChI is InChI=1S/C20H21N5O4/c1-2-27-15-8-11(4-5-14(15)26)18-23-19(21)24-20-22-12-9-16-17(10-13(12)25(18)20)29-7-3-6-28-16/h4-5,8-10,18,26H,2-3,6-7H2,1H3,(H3,21,22,23,24). The minimum Gasteiger partial charge on any atom is -0.504 e. The summed E-state index contributed by atoms with van der Waals surface area (Å²) < 4.78 is 19.1. The van der Waals surface area contributed by atoms with Crippen molar-refractivity contribution in [3.05, 3.63) is 35.9 Å². The van der Waals surface area contributed by atoms with Crippen LogP contribution in [0.15, 0.2) is 35.3 Å². The van der Waals surface area contributed by atoms with E-state index in [-0.39, 0.29) is 11.7 Å². The molecule has 2 aliphatic heterocycles. The first-order valence-corrected chi connectivity index (χ1v) is 9.51. The number of benzene rings is 2. The molecule has 3 heterocycles. The summed E-state index contributed by atoms with van der Waals surface area (Å²) in [6, 6.07) is 8.95. The van der Waals surface area contributed by atoms with Crippen LogP contribution in [0.25, 0.3) is 11.0 Å². The highest BCUT2D eigenvalue weighted by Gasteiger charge is 2.27. The van der Waals surface area contributed by atoms with Gasteiger partial charge in [-0.1, -0.05) is 6.07 Å². The molecule has 0 spiro atoms. The van der Waals surface area contributed by atoms with Crippen molar-refractivity contribution in [3.8, 4) is 23.0 Å². The number of fused-ring (bicyclic) bond motifs is 4. The number of ether oxygens (including phenoxy) is 3. The van der Waals surface area contributed by atoms with Crippen LogP contribution >= 0.6 is 0 Å². The molecule has 150 valence electrons. The van der Waals surface area contributed by atoms with E-state index in [0.717, 1.165) is 23.0 Å². The van der Waals surface area contributed by atoms with Crippen LogP contribution < -0.4 is 25.3 Å². The van der Waals surface area contributed by atoms with E-state index >= 15 is 0 Å². The fourth-order valence-electron chi connectivity index (χ4n) is 3.61. The van der Waals surface area contributed by atoms with Gasteiger partial charge in [0.2, 0.25) is 5.95 Å². The van der Waals surface area contributed by atoms with Crippen LogP contribution in [0.5, 0.6) is 23.0 Å². The van der Waals surface area contributed by atoms with Crippen LogP contribution in [-0.2, 0) is 0 Å². The van der Waals surface area contributed by atoms with E-state index < -0.39 is 6.17 Å². The molecule has 0 amide bonds. The lowest BCUT2D eigenvalue weighted by Crippen LogP contribution is -2.31. The number of anilines is 1. The summed E-state index contributed by atoms with van der Waals surface area (Å²) in [4.78, 5) is 9.24. The predicted octanol–water partition coefficient (Wildman–Crippen LogP) is 2.59. The average Bonchev–Trinajstić information content (AvgIpc) is 2.89. The number of imidazole rings is 1. The summed E-state index contributed by atoms with van der Waals surface area (Å²) in [5, 5.41) is 13.1. The summed E-state index contributed by atoms with van der Waals surface area (Å²) in [5.41, 5.74) is 8.42. The molecule has 0 saturated carbocycles. The Labute approximate surface area is 166 Å². The molecule has 0 radical (unpaired) electrons. The zero-order valence-electron chi connectivity index (χ0n) is 15.9. The largest absolute Gasteiger partial charge is 0.504 e. The number of phenolic OH excluding ortho intramolecular Hbond substituents is 1. The van der Waals surface area contributed by atoms with Crippen LogP contribution in [0.3, 0.4) is 0 Å². The van der Waals surface area contributed by atoms with Crippen LogP contribution in [-0.4, -0.2) is 40.4 Å². The van der Waals surface area contributed by atoms with E-state index in [1.165, 1.54) is 0 Å². The van der Waals surface area contributed by atoms with Gasteiger partial charge in [-0.05, 0) is 19.1 Å². The third kappa shape index (κ3) is 2.95. The highest BCUT2D eigenvalue weighted by atomic mass is 16.5. The second-order valence-electron chi connectivity index (χ2n) is 6.82. The molecule has 9 heteroatoms. The van der Waals surface area contributed by atoms with Crippen LogP contribution in [0, 0.1) is 0 Å². The molecule has 1 atom stereocenters. The Kier molecular flexibility index (Phi) is 4.08. The van der Waals surface area contributed by atoms with Crippen LogP contribution in [0.1, 0.15) is 25.1 Å². The number of phenols is 1. The second-order valence-corrected chi connectivity index (χ2v) is 6.82. The number of nitrogens with zero attached hydrogens (tertiary/aromatic N) is 3. The second kappa shape index (κ2) is 6.77. The Morgan fingerprint density at radius 1 is 1.24 bits per heavy atom. The number of nitrogens with one attached hydrogen (secondary N) is 1. The molecule has 1 unspecified atom stereocenters. The van der Waals surface area contributed by atoms with E-state index in [0.29, 0.717) is 43.0 Å². The molecule has 5 rings (SSSR count). The quantitative estimate of drug-likeness (QED) is 0.624. The highest BCUT2D eigenvalue weighted by Crippen LogP contribution is 2.40. The number of aliphatic imine (C=N–C) groups is 1. The van der Waals surface area contributed by atoms with Gasteiger partial charge in [0.05, 0.1) is 30.9 Å². The molecule has 0 fully saturated rings. The van der Waals surface area contributed by atoms with Gasteiger partial charge in [0, 0.05) is 24.1 Å². The zero-order chi connectivity index (χ0) is 20.0. The number of aromatic nitrogens is 2. The number of rotatable bonds is 3. The molecule has 4 N–H and O–H groups in total. The van der Waals surface area contributed by atoms with Crippen molar-refractivity contribution < 1.29 is 19.3 Å². The van der Waals surface area contributed by atoms with Gasteiger partial charge in [0.1, 0.15) is 0 Å². The predicted molar refractivity (Wildman–Crippen MR) is 108 cm³/mol. The maximum atomic E-state index is 10.1. The maximum Gasteiger partial charge on any atom is 0.212 e. The topological polar surface area (TPSA) is 116 Å². The Morgan fingerprint density at radius 3 is 2.83 bits per heavy atom. The van der Waals surface area contributed by atoms with Gasteiger partial charge in [-0.3, -0.25) is 9.88 Å². The van der Waals surface area contributed by atoms with Gasteiger partial charge in [0.15, 0.2) is 35.1 Å². The van der Waals surface area contributed by atoms with Crippen molar-refractivity contribution in [2.24, 2.45) is 10.7 Å². The normalized spacial score (nSPS) is 17.8. The first-order valence-electron chi connectivity index (χ1n) is 9.51. The summed E-state index contributed by atoms with van der Waals surface area (Å²) in [7, 11) is 0. The molecular weight excluding hydrogens is 374 g/mol. The SMILES string of the molecule is CCOc1cc(C2N=C(N)Nc3nc4cc5c(cc4n32)OCCCO5)ccc1O. The molecule has 9 nitrogen and oxygen atoms in total. The summed E-state index contributed by atoms with van der Waals surface area (Å²) in [6.07, 6.45) is 0.358. The molecule has 3 aromatic rings. The molecule has 1 aromatic heterocycles. The van der Waals surface area contributed by atoms with Crippen LogP contribution in [0.4, 0.5) is 5.95 Å². The van der Waals surface area contributed by atoms with Gasteiger partial charge >= 0.3 is 0 Å². The molecule has 29 heavy (non-hydrogen) atoms. The third-order valence-electron chi connectivity index (χ3n) is 4.89. The van der Waals surface area contributed by atoms with E-state index in [1.54, 1.807) is 18.2 Å². The van der Waals surface area contributed by atoms with Crippen molar-refractivity contribution in [2.75, 3.05) is 25.1 Å². The van der Waals surface area contributed by atoms with E-state index in [9.17, 15) is 5.11 Å². The number of aromatic hydroxyl groups is 1. The summed E-state index contributed by atoms with van der Waals surface area (Å²) in [5.74, 6) is 2.67.